The maximum absolute atomic E-state index is 2.60. The third kappa shape index (κ3) is 5.43. The lowest BCUT2D eigenvalue weighted by atomic mass is 10.2. The maximum atomic E-state index is 2.60. The number of nitrogens with zero attached hydrogens (tertiary/aromatic N) is 3. The molecule has 1 aliphatic rings. The van der Waals surface area contributed by atoms with E-state index in [2.05, 4.69) is 68.9 Å². The van der Waals surface area contributed by atoms with Crippen molar-refractivity contribution in [3.05, 3.63) is 58.3 Å². The van der Waals surface area contributed by atoms with Gasteiger partial charge in [-0.25, -0.2) is 0 Å². The fraction of sp³-hybridized carbons (Fsp3) is 0.474. The number of benzene rings is 1. The first-order chi connectivity index (χ1) is 11.3. The van der Waals surface area contributed by atoms with Crippen LogP contribution in [0.4, 0.5) is 0 Å². The van der Waals surface area contributed by atoms with Crippen molar-refractivity contribution in [1.29, 1.82) is 0 Å². The molecule has 0 unspecified atom stereocenters. The van der Waals surface area contributed by atoms with E-state index in [0.717, 1.165) is 19.6 Å². The average Bonchev–Trinajstić information content (AvgIpc) is 3.08. The summed E-state index contributed by atoms with van der Waals surface area (Å²) in [4.78, 5) is 7.60. The van der Waals surface area contributed by atoms with Crippen LogP contribution in [0.25, 0.3) is 0 Å². The lowest BCUT2D eigenvalue weighted by Gasteiger charge is -2.35. The van der Waals surface area contributed by atoms with Crippen molar-refractivity contribution in [2.24, 2.45) is 0 Å². The molecule has 0 bridgehead atoms. The molecule has 4 heteroatoms. The second-order valence-electron chi connectivity index (χ2n) is 6.47. The predicted molar refractivity (Wildman–Crippen MR) is 98.8 cm³/mol. The van der Waals surface area contributed by atoms with Crippen LogP contribution >= 0.6 is 11.3 Å². The van der Waals surface area contributed by atoms with Crippen molar-refractivity contribution >= 4 is 11.3 Å². The number of piperazine rings is 1. The van der Waals surface area contributed by atoms with E-state index in [4.69, 9.17) is 0 Å². The Labute approximate surface area is 144 Å². The number of likely N-dealkylation sites (N-methyl/N-ethyl adjacent to an activating group) is 1. The molecular formula is C19H27N3S. The molecular weight excluding hydrogens is 302 g/mol. The molecule has 1 aromatic carbocycles. The highest BCUT2D eigenvalue weighted by atomic mass is 32.1. The summed E-state index contributed by atoms with van der Waals surface area (Å²) in [6.45, 7) is 9.24. The summed E-state index contributed by atoms with van der Waals surface area (Å²) < 4.78 is 0. The minimum atomic E-state index is 1.07. The van der Waals surface area contributed by atoms with Crippen molar-refractivity contribution in [3.63, 3.8) is 0 Å². The number of hydrogen-bond donors (Lipinski definition) is 0. The molecule has 0 N–H and O–H groups in total. The summed E-state index contributed by atoms with van der Waals surface area (Å²) in [5.74, 6) is 0. The molecule has 0 saturated carbocycles. The van der Waals surface area contributed by atoms with Gasteiger partial charge < -0.3 is 4.90 Å². The van der Waals surface area contributed by atoms with Gasteiger partial charge in [0, 0.05) is 52.4 Å². The third-order valence-corrected chi connectivity index (χ3v) is 5.28. The molecule has 2 heterocycles. The van der Waals surface area contributed by atoms with Crippen LogP contribution in [-0.4, -0.2) is 61.0 Å². The van der Waals surface area contributed by atoms with Gasteiger partial charge in [-0.2, -0.15) is 11.3 Å². The molecule has 0 amide bonds. The largest absolute Gasteiger partial charge is 0.301 e. The lowest BCUT2D eigenvalue weighted by molar-refractivity contribution is 0.117. The molecule has 124 valence electrons. The molecule has 1 fully saturated rings. The van der Waals surface area contributed by atoms with Crippen molar-refractivity contribution in [1.82, 2.24) is 14.7 Å². The molecule has 1 aromatic heterocycles. The van der Waals surface area contributed by atoms with E-state index < -0.39 is 0 Å². The molecule has 3 nitrogen and oxygen atoms in total. The molecule has 0 radical (unpaired) electrons. The SMILES string of the molecule is CN(CCN1CCN(Cc2ccccc2)CC1)Cc1ccsc1. The minimum absolute atomic E-state index is 1.07. The highest BCUT2D eigenvalue weighted by Gasteiger charge is 2.17. The van der Waals surface area contributed by atoms with Gasteiger partial charge >= 0.3 is 0 Å². The smallest absolute Gasteiger partial charge is 0.0239 e. The highest BCUT2D eigenvalue weighted by Crippen LogP contribution is 2.10. The maximum Gasteiger partial charge on any atom is 0.0239 e. The van der Waals surface area contributed by atoms with E-state index in [0.29, 0.717) is 0 Å². The van der Waals surface area contributed by atoms with Gasteiger partial charge in [-0.1, -0.05) is 30.3 Å². The summed E-state index contributed by atoms with van der Waals surface area (Å²) in [6.07, 6.45) is 0. The Morgan fingerprint density at radius 2 is 1.70 bits per heavy atom. The molecule has 1 saturated heterocycles. The van der Waals surface area contributed by atoms with Gasteiger partial charge in [-0.05, 0) is 35.0 Å². The van der Waals surface area contributed by atoms with Crippen molar-refractivity contribution in [3.8, 4) is 0 Å². The normalized spacial score (nSPS) is 17.0. The Hall–Kier alpha value is -1.20. The monoisotopic (exact) mass is 329 g/mol. The fourth-order valence-corrected chi connectivity index (χ4v) is 3.76. The van der Waals surface area contributed by atoms with Gasteiger partial charge in [-0.3, -0.25) is 9.80 Å². The van der Waals surface area contributed by atoms with Gasteiger partial charge in [-0.15, -0.1) is 0 Å². The van der Waals surface area contributed by atoms with Gasteiger partial charge in [0.1, 0.15) is 0 Å². The Kier molecular flexibility index (Phi) is 6.22. The van der Waals surface area contributed by atoms with E-state index >= 15 is 0 Å². The summed E-state index contributed by atoms with van der Waals surface area (Å²) >= 11 is 1.79. The van der Waals surface area contributed by atoms with E-state index in [9.17, 15) is 0 Å². The van der Waals surface area contributed by atoms with Crippen LogP contribution in [0.2, 0.25) is 0 Å². The Morgan fingerprint density at radius 3 is 2.39 bits per heavy atom. The Balaban J connectivity index is 1.34. The Bertz CT molecular complexity index is 547. The molecule has 0 atom stereocenters. The second-order valence-corrected chi connectivity index (χ2v) is 7.25. The Morgan fingerprint density at radius 1 is 0.957 bits per heavy atom. The molecule has 0 spiro atoms. The van der Waals surface area contributed by atoms with Crippen LogP contribution in [0, 0.1) is 0 Å². The van der Waals surface area contributed by atoms with Gasteiger partial charge in [0.15, 0.2) is 0 Å². The van der Waals surface area contributed by atoms with E-state index in [1.807, 2.05) is 0 Å². The molecule has 0 aliphatic carbocycles. The van der Waals surface area contributed by atoms with Crippen LogP contribution in [0.1, 0.15) is 11.1 Å². The summed E-state index contributed by atoms with van der Waals surface area (Å²) in [7, 11) is 2.23. The summed E-state index contributed by atoms with van der Waals surface area (Å²) in [5, 5.41) is 4.41. The zero-order valence-corrected chi connectivity index (χ0v) is 14.8. The first-order valence-corrected chi connectivity index (χ1v) is 9.42. The standard InChI is InChI=1S/C19H27N3S/c1-20(15-19-7-14-23-17-19)8-9-21-10-12-22(13-11-21)16-18-5-3-2-4-6-18/h2-7,14,17H,8-13,15-16H2,1H3. The van der Waals surface area contributed by atoms with Gasteiger partial charge in [0.25, 0.3) is 0 Å². The van der Waals surface area contributed by atoms with Crippen LogP contribution in [-0.2, 0) is 13.1 Å². The molecule has 3 rings (SSSR count). The van der Waals surface area contributed by atoms with Crippen molar-refractivity contribution in [2.75, 3.05) is 46.3 Å². The predicted octanol–water partition coefficient (Wildman–Crippen LogP) is 3.00. The number of thiophene rings is 1. The first-order valence-electron chi connectivity index (χ1n) is 8.48. The van der Waals surface area contributed by atoms with Gasteiger partial charge in [0.2, 0.25) is 0 Å². The van der Waals surface area contributed by atoms with Crippen LogP contribution in [0.5, 0.6) is 0 Å². The summed E-state index contributed by atoms with van der Waals surface area (Å²) in [6, 6.07) is 13.0. The quantitative estimate of drug-likeness (QED) is 0.773. The first kappa shape index (κ1) is 16.7. The van der Waals surface area contributed by atoms with Crippen LogP contribution in [0.15, 0.2) is 47.2 Å². The van der Waals surface area contributed by atoms with Crippen molar-refractivity contribution < 1.29 is 0 Å². The average molecular weight is 330 g/mol. The number of rotatable bonds is 7. The minimum Gasteiger partial charge on any atom is -0.301 e. The van der Waals surface area contributed by atoms with Crippen LogP contribution < -0.4 is 0 Å². The van der Waals surface area contributed by atoms with E-state index in [1.54, 1.807) is 11.3 Å². The topological polar surface area (TPSA) is 9.72 Å². The zero-order chi connectivity index (χ0) is 15.9. The third-order valence-electron chi connectivity index (χ3n) is 4.54. The van der Waals surface area contributed by atoms with Crippen LogP contribution in [0.3, 0.4) is 0 Å². The van der Waals surface area contributed by atoms with Crippen molar-refractivity contribution in [2.45, 2.75) is 13.1 Å². The molecule has 1 aliphatic heterocycles. The lowest BCUT2D eigenvalue weighted by Crippen LogP contribution is -2.47. The van der Waals surface area contributed by atoms with E-state index in [1.165, 1.54) is 43.9 Å². The van der Waals surface area contributed by atoms with E-state index in [-0.39, 0.29) is 0 Å². The molecule has 2 aromatic rings. The van der Waals surface area contributed by atoms with Gasteiger partial charge in [0.05, 0.1) is 0 Å². The fourth-order valence-electron chi connectivity index (χ4n) is 3.10. The highest BCUT2D eigenvalue weighted by molar-refractivity contribution is 7.07. The summed E-state index contributed by atoms with van der Waals surface area (Å²) in [5.41, 5.74) is 2.86. The molecule has 23 heavy (non-hydrogen) atoms. The number of hydrogen-bond acceptors (Lipinski definition) is 4. The second kappa shape index (κ2) is 8.60. The zero-order valence-electron chi connectivity index (χ0n) is 14.0.